The SMILES string of the molecule is CCCNC(=O)[C@@H](CC)N(Cc1c(Cl)cccc1Cl)C(=O)CN(c1ccccc1)S(=O)(=O)c1ccc(OC)cc1. The highest BCUT2D eigenvalue weighted by molar-refractivity contribution is 7.92. The van der Waals surface area contributed by atoms with Gasteiger partial charge >= 0.3 is 0 Å². The van der Waals surface area contributed by atoms with Crippen LogP contribution in [0.25, 0.3) is 0 Å². The van der Waals surface area contributed by atoms with Crippen LogP contribution >= 0.6 is 23.2 Å². The third-order valence-electron chi connectivity index (χ3n) is 6.30. The first-order valence-electron chi connectivity index (χ1n) is 12.9. The fraction of sp³-hybridized carbons (Fsp3) is 0.310. The van der Waals surface area contributed by atoms with Crippen LogP contribution in [0, 0.1) is 0 Å². The Morgan fingerprint density at radius 3 is 2.10 bits per heavy atom. The molecular formula is C29H33Cl2N3O5S. The molecule has 3 rings (SSSR count). The van der Waals surface area contributed by atoms with Crippen LogP contribution in [0.2, 0.25) is 10.0 Å². The molecule has 0 radical (unpaired) electrons. The van der Waals surface area contributed by atoms with Crippen LogP contribution in [0.3, 0.4) is 0 Å². The van der Waals surface area contributed by atoms with Crippen molar-refractivity contribution in [2.45, 2.75) is 44.2 Å². The first kappa shape index (κ1) is 31.3. The average molecular weight is 607 g/mol. The minimum absolute atomic E-state index is 0.0154. The Balaban J connectivity index is 2.06. The van der Waals surface area contributed by atoms with E-state index < -0.39 is 28.5 Å². The van der Waals surface area contributed by atoms with Gasteiger partial charge in [-0.25, -0.2) is 8.42 Å². The highest BCUT2D eigenvalue weighted by Crippen LogP contribution is 2.29. The molecule has 0 bridgehead atoms. The van der Waals surface area contributed by atoms with Crippen molar-refractivity contribution in [3.63, 3.8) is 0 Å². The van der Waals surface area contributed by atoms with E-state index in [4.69, 9.17) is 27.9 Å². The van der Waals surface area contributed by atoms with Crippen molar-refractivity contribution >= 4 is 50.7 Å². The summed E-state index contributed by atoms with van der Waals surface area (Å²) in [6.07, 6.45) is 1.01. The van der Waals surface area contributed by atoms with E-state index in [9.17, 15) is 18.0 Å². The van der Waals surface area contributed by atoms with Crippen molar-refractivity contribution in [3.05, 3.63) is 88.4 Å². The minimum atomic E-state index is -4.19. The van der Waals surface area contributed by atoms with Crippen LogP contribution in [0.1, 0.15) is 32.3 Å². The Labute approximate surface area is 245 Å². The van der Waals surface area contributed by atoms with Gasteiger partial charge in [-0.15, -0.1) is 0 Å². The number of ether oxygens (including phenoxy) is 1. The summed E-state index contributed by atoms with van der Waals surface area (Å²) < 4.78 is 33.9. The number of nitrogens with zero attached hydrogens (tertiary/aromatic N) is 2. The summed E-state index contributed by atoms with van der Waals surface area (Å²) in [5.41, 5.74) is 0.760. The van der Waals surface area contributed by atoms with Crippen LogP contribution in [0.15, 0.2) is 77.7 Å². The maximum atomic E-state index is 14.0. The number of para-hydroxylation sites is 1. The van der Waals surface area contributed by atoms with Gasteiger partial charge in [-0.1, -0.05) is 61.3 Å². The predicted molar refractivity (Wildman–Crippen MR) is 158 cm³/mol. The molecule has 11 heteroatoms. The molecule has 0 saturated carbocycles. The molecule has 40 heavy (non-hydrogen) atoms. The molecule has 8 nitrogen and oxygen atoms in total. The summed E-state index contributed by atoms with van der Waals surface area (Å²) in [5.74, 6) is -0.437. The van der Waals surface area contributed by atoms with Crippen LogP contribution in [0.4, 0.5) is 5.69 Å². The van der Waals surface area contributed by atoms with Gasteiger partial charge in [0.25, 0.3) is 10.0 Å². The van der Waals surface area contributed by atoms with Crippen LogP contribution in [-0.2, 0) is 26.2 Å². The zero-order valence-electron chi connectivity index (χ0n) is 22.6. The van der Waals surface area contributed by atoms with E-state index in [0.717, 1.165) is 4.31 Å². The van der Waals surface area contributed by atoms with Gasteiger partial charge in [0.2, 0.25) is 11.8 Å². The number of benzene rings is 3. The second-order valence-electron chi connectivity index (χ2n) is 8.96. The number of sulfonamides is 1. The maximum Gasteiger partial charge on any atom is 0.264 e. The number of methoxy groups -OCH3 is 1. The van der Waals surface area contributed by atoms with Gasteiger partial charge in [-0.05, 0) is 61.4 Å². The molecule has 3 aromatic rings. The third kappa shape index (κ3) is 7.47. The van der Waals surface area contributed by atoms with E-state index in [1.165, 1.54) is 36.3 Å². The van der Waals surface area contributed by atoms with E-state index in [2.05, 4.69) is 5.32 Å². The van der Waals surface area contributed by atoms with E-state index in [0.29, 0.717) is 46.4 Å². The molecule has 0 fully saturated rings. The second-order valence-corrected chi connectivity index (χ2v) is 11.6. The smallest absolute Gasteiger partial charge is 0.264 e. The Morgan fingerprint density at radius 1 is 0.925 bits per heavy atom. The lowest BCUT2D eigenvalue weighted by molar-refractivity contribution is -0.140. The van der Waals surface area contributed by atoms with Crippen molar-refractivity contribution in [1.29, 1.82) is 0 Å². The summed E-state index contributed by atoms with van der Waals surface area (Å²) in [6, 6.07) is 18.3. The molecular weight excluding hydrogens is 573 g/mol. The number of hydrogen-bond acceptors (Lipinski definition) is 5. The van der Waals surface area contributed by atoms with Crippen molar-refractivity contribution in [2.24, 2.45) is 0 Å². The summed E-state index contributed by atoms with van der Waals surface area (Å²) in [5, 5.41) is 3.51. The normalized spacial score (nSPS) is 11.9. The molecule has 0 spiro atoms. The molecule has 0 aliphatic carbocycles. The first-order valence-corrected chi connectivity index (χ1v) is 15.1. The molecule has 3 aromatic carbocycles. The molecule has 1 N–H and O–H groups in total. The highest BCUT2D eigenvalue weighted by atomic mass is 35.5. The van der Waals surface area contributed by atoms with Crippen LogP contribution in [-0.4, -0.2) is 51.4 Å². The number of carbonyl (C=O) groups is 2. The number of rotatable bonds is 13. The number of nitrogens with one attached hydrogen (secondary N) is 1. The maximum absolute atomic E-state index is 14.0. The molecule has 214 valence electrons. The minimum Gasteiger partial charge on any atom is -0.497 e. The monoisotopic (exact) mass is 605 g/mol. The van der Waals surface area contributed by atoms with Gasteiger partial charge in [-0.2, -0.15) is 0 Å². The van der Waals surface area contributed by atoms with Gasteiger partial charge in [0.15, 0.2) is 0 Å². The average Bonchev–Trinajstić information content (AvgIpc) is 2.96. The second kappa shape index (κ2) is 14.4. The van der Waals surface area contributed by atoms with Crippen LogP contribution < -0.4 is 14.4 Å². The number of halogens is 2. The third-order valence-corrected chi connectivity index (χ3v) is 8.79. The highest BCUT2D eigenvalue weighted by Gasteiger charge is 2.34. The van der Waals surface area contributed by atoms with E-state index >= 15 is 0 Å². The van der Waals surface area contributed by atoms with E-state index in [1.54, 1.807) is 55.5 Å². The molecule has 0 aliphatic rings. The lowest BCUT2D eigenvalue weighted by atomic mass is 10.1. The van der Waals surface area contributed by atoms with Crippen molar-refractivity contribution in [1.82, 2.24) is 10.2 Å². The predicted octanol–water partition coefficient (Wildman–Crippen LogP) is 5.53. The van der Waals surface area contributed by atoms with Crippen molar-refractivity contribution in [3.8, 4) is 5.75 Å². The Hall–Kier alpha value is -3.27. The lowest BCUT2D eigenvalue weighted by Gasteiger charge is -2.33. The number of amides is 2. The zero-order chi connectivity index (χ0) is 29.3. The lowest BCUT2D eigenvalue weighted by Crippen LogP contribution is -2.52. The Bertz CT molecular complexity index is 1380. The number of anilines is 1. The fourth-order valence-corrected chi connectivity index (χ4v) is 6.07. The van der Waals surface area contributed by atoms with Crippen LogP contribution in [0.5, 0.6) is 5.75 Å². The Kier molecular flexibility index (Phi) is 11.2. The summed E-state index contributed by atoms with van der Waals surface area (Å²) in [4.78, 5) is 28.5. The Morgan fingerprint density at radius 2 is 1.55 bits per heavy atom. The van der Waals surface area contributed by atoms with Gasteiger partial charge < -0.3 is 15.0 Å². The van der Waals surface area contributed by atoms with Crippen molar-refractivity contribution < 1.29 is 22.7 Å². The largest absolute Gasteiger partial charge is 0.497 e. The first-order chi connectivity index (χ1) is 19.1. The molecule has 2 amide bonds. The van der Waals surface area contributed by atoms with Gasteiger partial charge in [0, 0.05) is 28.7 Å². The van der Waals surface area contributed by atoms with E-state index in [1.807, 2.05) is 6.92 Å². The standard InChI is InChI=1S/C29H33Cl2N3O5S/c1-4-18-32-29(36)27(5-2)33(19-24-25(30)12-9-13-26(24)31)28(35)20-34(21-10-7-6-8-11-21)40(37,38)23-16-14-22(39-3)15-17-23/h6-17,27H,4-5,18-20H2,1-3H3,(H,32,36)/t27-/m1/s1. The van der Waals surface area contributed by atoms with Crippen molar-refractivity contribution in [2.75, 3.05) is 24.5 Å². The molecule has 0 unspecified atom stereocenters. The topological polar surface area (TPSA) is 96.0 Å². The molecule has 0 aliphatic heterocycles. The van der Waals surface area contributed by atoms with Gasteiger partial charge in [0.1, 0.15) is 18.3 Å². The zero-order valence-corrected chi connectivity index (χ0v) is 25.0. The number of carbonyl (C=O) groups excluding carboxylic acids is 2. The summed E-state index contributed by atoms with van der Waals surface area (Å²) in [6.45, 7) is 3.51. The molecule has 1 atom stereocenters. The van der Waals surface area contributed by atoms with Gasteiger partial charge in [0.05, 0.1) is 17.7 Å². The molecule has 0 saturated heterocycles. The summed E-state index contributed by atoms with van der Waals surface area (Å²) >= 11 is 12.9. The number of hydrogen-bond donors (Lipinski definition) is 1. The quantitative estimate of drug-likeness (QED) is 0.276. The van der Waals surface area contributed by atoms with Gasteiger partial charge in [-0.3, -0.25) is 13.9 Å². The summed E-state index contributed by atoms with van der Waals surface area (Å²) in [7, 11) is -2.70. The van der Waals surface area contributed by atoms with E-state index in [-0.39, 0.29) is 17.3 Å². The molecule has 0 aromatic heterocycles. The molecule has 0 heterocycles. The fourth-order valence-electron chi connectivity index (χ4n) is 4.14.